The molecular formula is C15H22N2O2. The Morgan fingerprint density at radius 2 is 2.16 bits per heavy atom. The smallest absolute Gasteiger partial charge is 0.225 e. The summed E-state index contributed by atoms with van der Waals surface area (Å²) >= 11 is 0. The minimum atomic E-state index is -0.783. The summed E-state index contributed by atoms with van der Waals surface area (Å²) in [5.41, 5.74) is 0.0894. The fourth-order valence-corrected chi connectivity index (χ4v) is 2.65. The van der Waals surface area contributed by atoms with Gasteiger partial charge < -0.3 is 10.0 Å². The van der Waals surface area contributed by atoms with Crippen LogP contribution in [0.15, 0.2) is 24.4 Å². The summed E-state index contributed by atoms with van der Waals surface area (Å²) in [5.74, 6) is -0.0115. The zero-order valence-corrected chi connectivity index (χ0v) is 11.7. The van der Waals surface area contributed by atoms with Gasteiger partial charge in [-0.15, -0.1) is 0 Å². The molecule has 1 amide bonds. The molecule has 1 aliphatic rings. The van der Waals surface area contributed by atoms with Gasteiger partial charge in [-0.3, -0.25) is 9.78 Å². The third kappa shape index (κ3) is 3.32. The molecule has 1 heterocycles. The van der Waals surface area contributed by atoms with E-state index in [9.17, 15) is 9.90 Å². The van der Waals surface area contributed by atoms with Gasteiger partial charge in [0, 0.05) is 13.2 Å². The largest absolute Gasteiger partial charge is 0.389 e. The number of amides is 1. The van der Waals surface area contributed by atoms with Crippen molar-refractivity contribution in [3.63, 3.8) is 0 Å². The van der Waals surface area contributed by atoms with Crippen molar-refractivity contribution in [3.8, 4) is 0 Å². The summed E-state index contributed by atoms with van der Waals surface area (Å²) in [6.45, 7) is 1.96. The van der Waals surface area contributed by atoms with E-state index in [1.54, 1.807) is 18.1 Å². The molecule has 0 aromatic carbocycles. The van der Waals surface area contributed by atoms with Crippen molar-refractivity contribution in [2.45, 2.75) is 50.7 Å². The Hall–Kier alpha value is -1.42. The number of hydrogen-bond donors (Lipinski definition) is 1. The lowest BCUT2D eigenvalue weighted by Crippen LogP contribution is -2.37. The van der Waals surface area contributed by atoms with Crippen molar-refractivity contribution in [2.75, 3.05) is 7.05 Å². The topological polar surface area (TPSA) is 53.4 Å². The van der Waals surface area contributed by atoms with Crippen LogP contribution in [0.2, 0.25) is 0 Å². The van der Waals surface area contributed by atoms with Crippen LogP contribution in [0.3, 0.4) is 0 Å². The molecule has 19 heavy (non-hydrogen) atoms. The van der Waals surface area contributed by atoms with Gasteiger partial charge in [0.1, 0.15) is 0 Å². The van der Waals surface area contributed by atoms with E-state index >= 15 is 0 Å². The van der Waals surface area contributed by atoms with Gasteiger partial charge in [-0.25, -0.2) is 0 Å². The van der Waals surface area contributed by atoms with E-state index in [1.807, 2.05) is 25.1 Å². The highest BCUT2D eigenvalue weighted by molar-refractivity contribution is 5.77. The molecule has 0 bridgehead atoms. The molecule has 1 unspecified atom stereocenters. The Labute approximate surface area is 114 Å². The van der Waals surface area contributed by atoms with E-state index in [0.29, 0.717) is 0 Å². The molecule has 4 nitrogen and oxygen atoms in total. The summed E-state index contributed by atoms with van der Waals surface area (Å²) < 4.78 is 0. The number of carbonyl (C=O) groups excluding carboxylic acids is 1. The maximum absolute atomic E-state index is 12.3. The average Bonchev–Trinajstić information content (AvgIpc) is 2.84. The Kier molecular flexibility index (Phi) is 4.20. The first-order valence-corrected chi connectivity index (χ1v) is 6.91. The number of aromatic nitrogens is 1. The molecule has 4 heteroatoms. The van der Waals surface area contributed by atoms with E-state index in [0.717, 1.165) is 31.4 Å². The monoisotopic (exact) mass is 262 g/mol. The second kappa shape index (κ2) is 5.70. The minimum Gasteiger partial charge on any atom is -0.389 e. The Balaban J connectivity index is 1.99. The first kappa shape index (κ1) is 14.0. The van der Waals surface area contributed by atoms with Crippen LogP contribution in [-0.2, 0) is 4.79 Å². The van der Waals surface area contributed by atoms with Gasteiger partial charge >= 0.3 is 0 Å². The van der Waals surface area contributed by atoms with Crippen LogP contribution in [0.5, 0.6) is 0 Å². The number of carbonyl (C=O) groups is 1. The van der Waals surface area contributed by atoms with E-state index in [-0.39, 0.29) is 18.4 Å². The van der Waals surface area contributed by atoms with Crippen molar-refractivity contribution >= 4 is 5.91 Å². The summed E-state index contributed by atoms with van der Waals surface area (Å²) in [5, 5.41) is 10.3. The fourth-order valence-electron chi connectivity index (χ4n) is 2.65. The SMILES string of the molecule is CC(c1ccccn1)N(C)C(=O)CC1(O)CCCC1. The van der Waals surface area contributed by atoms with Gasteiger partial charge in [-0.2, -0.15) is 0 Å². The Bertz CT molecular complexity index is 427. The van der Waals surface area contributed by atoms with Crippen LogP contribution < -0.4 is 0 Å². The number of hydrogen-bond acceptors (Lipinski definition) is 3. The molecule has 1 aromatic heterocycles. The van der Waals surface area contributed by atoms with Gasteiger partial charge in [-0.1, -0.05) is 18.9 Å². The summed E-state index contributed by atoms with van der Waals surface area (Å²) in [7, 11) is 1.78. The maximum atomic E-state index is 12.3. The van der Waals surface area contributed by atoms with Crippen molar-refractivity contribution in [3.05, 3.63) is 30.1 Å². The highest BCUT2D eigenvalue weighted by Crippen LogP contribution is 2.33. The minimum absolute atomic E-state index is 0.0115. The summed E-state index contributed by atoms with van der Waals surface area (Å²) in [6, 6.07) is 5.62. The lowest BCUT2D eigenvalue weighted by atomic mass is 9.97. The standard InChI is InChI=1S/C15H22N2O2/c1-12(13-7-3-6-10-16-13)17(2)14(18)11-15(19)8-4-5-9-15/h3,6-7,10,12,19H,4-5,8-9,11H2,1-2H3. The van der Waals surface area contributed by atoms with Crippen molar-refractivity contribution in [2.24, 2.45) is 0 Å². The third-order valence-electron chi connectivity index (χ3n) is 4.10. The number of nitrogens with zero attached hydrogens (tertiary/aromatic N) is 2. The third-order valence-corrected chi connectivity index (χ3v) is 4.10. The average molecular weight is 262 g/mol. The fraction of sp³-hybridized carbons (Fsp3) is 0.600. The predicted octanol–water partition coefficient (Wildman–Crippen LogP) is 2.30. The van der Waals surface area contributed by atoms with Gasteiger partial charge in [0.05, 0.1) is 23.8 Å². The molecule has 1 aliphatic carbocycles. The lowest BCUT2D eigenvalue weighted by Gasteiger charge is -2.29. The van der Waals surface area contributed by atoms with Gasteiger partial charge in [0.25, 0.3) is 0 Å². The van der Waals surface area contributed by atoms with Crippen molar-refractivity contribution in [1.82, 2.24) is 9.88 Å². The lowest BCUT2D eigenvalue weighted by molar-refractivity contribution is -0.137. The first-order chi connectivity index (χ1) is 9.02. The van der Waals surface area contributed by atoms with E-state index in [2.05, 4.69) is 4.98 Å². The molecule has 0 aliphatic heterocycles. The number of pyridine rings is 1. The second-order valence-electron chi connectivity index (χ2n) is 5.54. The Morgan fingerprint density at radius 3 is 2.74 bits per heavy atom. The molecule has 2 rings (SSSR count). The van der Waals surface area contributed by atoms with Crippen molar-refractivity contribution in [1.29, 1.82) is 0 Å². The van der Waals surface area contributed by atoms with Crippen LogP contribution >= 0.6 is 0 Å². The van der Waals surface area contributed by atoms with Crippen LogP contribution in [0.4, 0.5) is 0 Å². The van der Waals surface area contributed by atoms with Crippen LogP contribution in [0, 0.1) is 0 Å². The molecule has 1 fully saturated rings. The van der Waals surface area contributed by atoms with E-state index in [4.69, 9.17) is 0 Å². The molecule has 1 saturated carbocycles. The summed E-state index contributed by atoms with van der Waals surface area (Å²) in [4.78, 5) is 18.2. The number of aliphatic hydroxyl groups is 1. The Morgan fingerprint density at radius 1 is 1.47 bits per heavy atom. The molecule has 1 atom stereocenters. The van der Waals surface area contributed by atoms with Crippen LogP contribution in [0.25, 0.3) is 0 Å². The second-order valence-corrected chi connectivity index (χ2v) is 5.54. The van der Waals surface area contributed by atoms with Gasteiger partial charge in [-0.05, 0) is 31.9 Å². The molecular weight excluding hydrogens is 240 g/mol. The van der Waals surface area contributed by atoms with Gasteiger partial charge in [0.15, 0.2) is 0 Å². The molecule has 1 N–H and O–H groups in total. The normalized spacial score (nSPS) is 19.1. The van der Waals surface area contributed by atoms with Crippen LogP contribution in [-0.4, -0.2) is 33.5 Å². The molecule has 0 saturated heterocycles. The van der Waals surface area contributed by atoms with E-state index < -0.39 is 5.60 Å². The van der Waals surface area contributed by atoms with Crippen molar-refractivity contribution < 1.29 is 9.90 Å². The predicted molar refractivity (Wildman–Crippen MR) is 73.5 cm³/mol. The number of rotatable bonds is 4. The quantitative estimate of drug-likeness (QED) is 0.905. The molecule has 104 valence electrons. The van der Waals surface area contributed by atoms with E-state index in [1.165, 1.54) is 0 Å². The zero-order chi connectivity index (χ0) is 13.9. The first-order valence-electron chi connectivity index (χ1n) is 6.91. The molecule has 0 radical (unpaired) electrons. The maximum Gasteiger partial charge on any atom is 0.225 e. The zero-order valence-electron chi connectivity index (χ0n) is 11.7. The molecule has 0 spiro atoms. The summed E-state index contributed by atoms with van der Waals surface area (Å²) in [6.07, 6.45) is 5.47. The van der Waals surface area contributed by atoms with Crippen LogP contribution in [0.1, 0.15) is 50.8 Å². The van der Waals surface area contributed by atoms with Gasteiger partial charge in [0.2, 0.25) is 5.91 Å². The highest BCUT2D eigenvalue weighted by Gasteiger charge is 2.35. The molecule has 1 aromatic rings. The highest BCUT2D eigenvalue weighted by atomic mass is 16.3.